The van der Waals surface area contributed by atoms with Crippen LogP contribution < -0.4 is 5.32 Å². The van der Waals surface area contributed by atoms with Gasteiger partial charge in [0, 0.05) is 42.5 Å². The molecule has 1 fully saturated rings. The van der Waals surface area contributed by atoms with Gasteiger partial charge in [-0.05, 0) is 44.4 Å². The molecule has 1 aliphatic rings. The van der Waals surface area contributed by atoms with E-state index < -0.39 is 4.92 Å². The number of amides is 2. The first-order chi connectivity index (χ1) is 12.0. The molecule has 1 aromatic carbocycles. The number of carbonyl (C=O) groups is 1. The molecule has 8 heteroatoms. The van der Waals surface area contributed by atoms with E-state index in [9.17, 15) is 14.9 Å². The standard InChI is InChI=1S/C17H21N5O3/c1-11-8-12(2)16(22(24)25)9-15(11)19-17(23)21-7-3-4-13(10-21)14-5-6-18-20-14/h5-6,8-9,13H,3-4,7,10H2,1-2H3,(H,18,20)(H,19,23)/t13-/m0/s1. The lowest BCUT2D eigenvalue weighted by Gasteiger charge is -2.32. The van der Waals surface area contributed by atoms with Crippen molar-refractivity contribution in [3.63, 3.8) is 0 Å². The molecule has 25 heavy (non-hydrogen) atoms. The van der Waals surface area contributed by atoms with Crippen molar-refractivity contribution in [1.82, 2.24) is 15.1 Å². The molecule has 132 valence electrons. The van der Waals surface area contributed by atoms with Crippen LogP contribution in [-0.4, -0.2) is 39.1 Å². The number of urea groups is 1. The van der Waals surface area contributed by atoms with E-state index in [1.54, 1.807) is 24.1 Å². The van der Waals surface area contributed by atoms with Gasteiger partial charge in [-0.15, -0.1) is 0 Å². The molecule has 3 rings (SSSR count). The maximum absolute atomic E-state index is 12.6. The molecule has 1 aliphatic heterocycles. The largest absolute Gasteiger partial charge is 0.324 e. The van der Waals surface area contributed by atoms with Crippen molar-refractivity contribution in [3.8, 4) is 0 Å². The lowest BCUT2D eigenvalue weighted by atomic mass is 9.95. The van der Waals surface area contributed by atoms with E-state index in [-0.39, 0.29) is 17.6 Å². The molecule has 0 saturated carbocycles. The van der Waals surface area contributed by atoms with Crippen LogP contribution in [0.4, 0.5) is 16.2 Å². The second-order valence-corrected chi connectivity index (χ2v) is 6.44. The molecule has 2 amide bonds. The number of benzene rings is 1. The van der Waals surface area contributed by atoms with Gasteiger partial charge < -0.3 is 10.2 Å². The first-order valence-electron chi connectivity index (χ1n) is 8.26. The van der Waals surface area contributed by atoms with Crippen LogP contribution in [0.15, 0.2) is 24.4 Å². The van der Waals surface area contributed by atoms with Crippen LogP contribution in [0.1, 0.15) is 35.6 Å². The fourth-order valence-corrected chi connectivity index (χ4v) is 3.28. The monoisotopic (exact) mass is 343 g/mol. The van der Waals surface area contributed by atoms with Gasteiger partial charge in [0.25, 0.3) is 5.69 Å². The number of anilines is 1. The lowest BCUT2D eigenvalue weighted by Crippen LogP contribution is -2.41. The van der Waals surface area contributed by atoms with Gasteiger partial charge in [0.05, 0.1) is 10.6 Å². The number of H-pyrrole nitrogens is 1. The molecule has 1 saturated heterocycles. The molecule has 1 atom stereocenters. The summed E-state index contributed by atoms with van der Waals surface area (Å²) in [6, 6.07) is 4.85. The fourth-order valence-electron chi connectivity index (χ4n) is 3.28. The van der Waals surface area contributed by atoms with E-state index in [0.717, 1.165) is 24.1 Å². The molecule has 0 unspecified atom stereocenters. The molecule has 0 aliphatic carbocycles. The summed E-state index contributed by atoms with van der Waals surface area (Å²) in [5, 5.41) is 20.9. The summed E-state index contributed by atoms with van der Waals surface area (Å²) in [4.78, 5) is 25.1. The van der Waals surface area contributed by atoms with Crippen molar-refractivity contribution in [2.45, 2.75) is 32.6 Å². The number of hydrogen-bond donors (Lipinski definition) is 2. The van der Waals surface area contributed by atoms with Gasteiger partial charge in [0.15, 0.2) is 0 Å². The minimum atomic E-state index is -0.431. The van der Waals surface area contributed by atoms with Gasteiger partial charge in [0.2, 0.25) is 0 Å². The Kier molecular flexibility index (Phi) is 4.69. The number of aromatic nitrogens is 2. The van der Waals surface area contributed by atoms with E-state index in [2.05, 4.69) is 15.5 Å². The number of nitrogens with zero attached hydrogens (tertiary/aromatic N) is 3. The molecule has 1 aromatic heterocycles. The van der Waals surface area contributed by atoms with Gasteiger partial charge in [-0.25, -0.2) is 4.79 Å². The van der Waals surface area contributed by atoms with E-state index in [1.807, 2.05) is 13.0 Å². The van der Waals surface area contributed by atoms with E-state index in [4.69, 9.17) is 0 Å². The third-order valence-corrected chi connectivity index (χ3v) is 4.65. The number of aromatic amines is 1. The highest BCUT2D eigenvalue weighted by Gasteiger charge is 2.26. The third-order valence-electron chi connectivity index (χ3n) is 4.65. The average Bonchev–Trinajstić information content (AvgIpc) is 3.11. The molecule has 2 aromatic rings. The van der Waals surface area contributed by atoms with Crippen LogP contribution in [0.25, 0.3) is 0 Å². The molecule has 0 spiro atoms. The zero-order valence-corrected chi connectivity index (χ0v) is 14.3. The minimum absolute atomic E-state index is 0.00915. The van der Waals surface area contributed by atoms with Crippen LogP contribution in [-0.2, 0) is 0 Å². The Morgan fingerprint density at radius 2 is 2.20 bits per heavy atom. The Hall–Kier alpha value is -2.90. The van der Waals surface area contributed by atoms with Crippen molar-refractivity contribution in [2.75, 3.05) is 18.4 Å². The van der Waals surface area contributed by atoms with Gasteiger partial charge in [-0.1, -0.05) is 0 Å². The van der Waals surface area contributed by atoms with Crippen LogP contribution in [0.5, 0.6) is 0 Å². The van der Waals surface area contributed by atoms with E-state index in [0.29, 0.717) is 24.3 Å². The third kappa shape index (κ3) is 3.62. The van der Waals surface area contributed by atoms with E-state index >= 15 is 0 Å². The van der Waals surface area contributed by atoms with Crippen molar-refractivity contribution in [1.29, 1.82) is 0 Å². The molecular formula is C17H21N5O3. The number of nitrogens with one attached hydrogen (secondary N) is 2. The van der Waals surface area contributed by atoms with E-state index in [1.165, 1.54) is 6.07 Å². The quantitative estimate of drug-likeness (QED) is 0.658. The predicted octanol–water partition coefficient (Wildman–Crippen LogP) is 3.35. The Morgan fingerprint density at radius 1 is 1.40 bits per heavy atom. The summed E-state index contributed by atoms with van der Waals surface area (Å²) in [5.41, 5.74) is 2.90. The number of nitro groups is 1. The average molecular weight is 343 g/mol. The van der Waals surface area contributed by atoms with Gasteiger partial charge in [-0.2, -0.15) is 5.10 Å². The molecule has 8 nitrogen and oxygen atoms in total. The maximum atomic E-state index is 12.6. The second kappa shape index (κ2) is 6.92. The number of rotatable bonds is 3. The fraction of sp³-hybridized carbons (Fsp3) is 0.412. The zero-order chi connectivity index (χ0) is 18.0. The SMILES string of the molecule is Cc1cc(C)c([N+](=O)[O-])cc1NC(=O)N1CCC[C@H](c2ccn[nH]2)C1. The highest BCUT2D eigenvalue weighted by molar-refractivity contribution is 5.90. The summed E-state index contributed by atoms with van der Waals surface area (Å²) < 4.78 is 0. The molecule has 0 radical (unpaired) electrons. The van der Waals surface area contributed by atoms with Crippen molar-refractivity contribution in [2.24, 2.45) is 0 Å². The zero-order valence-electron chi connectivity index (χ0n) is 14.3. The highest BCUT2D eigenvalue weighted by Crippen LogP contribution is 2.28. The number of piperidine rings is 1. The van der Waals surface area contributed by atoms with Gasteiger partial charge >= 0.3 is 6.03 Å². The van der Waals surface area contributed by atoms with Gasteiger partial charge in [-0.3, -0.25) is 15.2 Å². The molecule has 2 heterocycles. The number of hydrogen-bond acceptors (Lipinski definition) is 4. The topological polar surface area (TPSA) is 104 Å². The van der Waals surface area contributed by atoms with Crippen LogP contribution >= 0.6 is 0 Å². The van der Waals surface area contributed by atoms with Gasteiger partial charge in [0.1, 0.15) is 0 Å². The highest BCUT2D eigenvalue weighted by atomic mass is 16.6. The Bertz CT molecular complexity index is 788. The lowest BCUT2D eigenvalue weighted by molar-refractivity contribution is -0.385. The Morgan fingerprint density at radius 3 is 2.88 bits per heavy atom. The molecule has 2 N–H and O–H groups in total. The molecule has 0 bridgehead atoms. The van der Waals surface area contributed by atoms with Crippen LogP contribution in [0.3, 0.4) is 0 Å². The number of nitro benzene ring substituents is 1. The number of aryl methyl sites for hydroxylation is 2. The van der Waals surface area contributed by atoms with Crippen LogP contribution in [0.2, 0.25) is 0 Å². The summed E-state index contributed by atoms with van der Waals surface area (Å²) in [7, 11) is 0. The smallest absolute Gasteiger partial charge is 0.321 e. The Labute approximate surface area is 145 Å². The summed E-state index contributed by atoms with van der Waals surface area (Å²) in [6.45, 7) is 4.79. The summed E-state index contributed by atoms with van der Waals surface area (Å²) in [6.07, 6.45) is 3.62. The first-order valence-corrected chi connectivity index (χ1v) is 8.26. The minimum Gasteiger partial charge on any atom is -0.324 e. The number of carbonyl (C=O) groups excluding carboxylic acids is 1. The Balaban J connectivity index is 1.74. The normalized spacial score (nSPS) is 17.4. The number of likely N-dealkylation sites (tertiary alicyclic amines) is 1. The summed E-state index contributed by atoms with van der Waals surface area (Å²) in [5.74, 6) is 0.232. The van der Waals surface area contributed by atoms with Crippen LogP contribution in [0, 0.1) is 24.0 Å². The maximum Gasteiger partial charge on any atom is 0.321 e. The van der Waals surface area contributed by atoms with Crippen molar-refractivity contribution < 1.29 is 9.72 Å². The first kappa shape index (κ1) is 16.9. The predicted molar refractivity (Wildman–Crippen MR) is 93.7 cm³/mol. The second-order valence-electron chi connectivity index (χ2n) is 6.44. The molecular weight excluding hydrogens is 322 g/mol. The van der Waals surface area contributed by atoms with Crippen molar-refractivity contribution >= 4 is 17.4 Å². The summed E-state index contributed by atoms with van der Waals surface area (Å²) >= 11 is 0. The van der Waals surface area contributed by atoms with Crippen molar-refractivity contribution in [3.05, 3.63) is 51.3 Å².